The van der Waals surface area contributed by atoms with Crippen LogP contribution in [0.25, 0.3) is 0 Å². The molecule has 0 aromatic heterocycles. The minimum absolute atomic E-state index is 0.0539. The lowest BCUT2D eigenvalue weighted by molar-refractivity contribution is -0.269. The molecule has 0 bridgehead atoms. The summed E-state index contributed by atoms with van der Waals surface area (Å²) in [6.07, 6.45) is 9.86. The van der Waals surface area contributed by atoms with Gasteiger partial charge in [-0.1, -0.05) is 168 Å². The van der Waals surface area contributed by atoms with Crippen molar-refractivity contribution in [2.75, 3.05) is 13.2 Å². The first-order valence-electron chi connectivity index (χ1n) is 30.4. The molecule has 82 heavy (non-hydrogen) atoms. The molecule has 0 spiro atoms. The highest BCUT2D eigenvalue weighted by Gasteiger charge is 2.47. The molecule has 478 valence electrons. The van der Waals surface area contributed by atoms with Crippen molar-refractivity contribution in [2.24, 2.45) is 17.4 Å². The molecular formula is C57H106N5O19P. The monoisotopic (exact) mass is 1200 g/mol. The van der Waals surface area contributed by atoms with E-state index >= 15 is 0 Å². The Kier molecular flexibility index (Phi) is 42.5. The highest BCUT2D eigenvalue weighted by atomic mass is 31.1. The van der Waals surface area contributed by atoms with E-state index in [-0.39, 0.29) is 25.7 Å². The maximum Gasteiger partial charge on any atom is 0.317 e. The summed E-state index contributed by atoms with van der Waals surface area (Å²) in [6, 6.07) is -4.26. The fourth-order valence-corrected chi connectivity index (χ4v) is 10.4. The fraction of sp³-hybridized carbons (Fsp3) is 0.877. The Morgan fingerprint density at radius 1 is 0.683 bits per heavy atom. The van der Waals surface area contributed by atoms with E-state index < -0.39 is 155 Å². The number of hydrogen-bond acceptors (Lipinski definition) is 19. The van der Waals surface area contributed by atoms with E-state index in [2.05, 4.69) is 24.5 Å². The van der Waals surface area contributed by atoms with E-state index in [4.69, 9.17) is 34.9 Å². The number of unbranched alkanes of at least 4 members (excludes halogenated alkanes) is 23. The molecule has 1 fully saturated rings. The van der Waals surface area contributed by atoms with Gasteiger partial charge in [0.25, 0.3) is 5.91 Å². The van der Waals surface area contributed by atoms with Gasteiger partial charge < -0.3 is 71.5 Å². The van der Waals surface area contributed by atoms with Gasteiger partial charge in [0, 0.05) is 26.2 Å². The number of aliphatic hydroxyl groups is 5. The average Bonchev–Trinajstić information content (AvgIpc) is 3.50. The zero-order chi connectivity index (χ0) is 61.4. The lowest BCUT2D eigenvalue weighted by Crippen LogP contribution is -2.65. The summed E-state index contributed by atoms with van der Waals surface area (Å²) in [6.45, 7) is 6.54. The first-order chi connectivity index (χ1) is 39.1. The maximum atomic E-state index is 14.6. The number of primary amides is 1. The number of nitrogens with one attached hydrogen (secondary N) is 3. The van der Waals surface area contributed by atoms with Gasteiger partial charge in [0.05, 0.1) is 31.3 Å². The number of carbonyl (C=O) groups is 7. The quantitative estimate of drug-likeness (QED) is 0.0225. The van der Waals surface area contributed by atoms with Crippen molar-refractivity contribution in [3.8, 4) is 0 Å². The summed E-state index contributed by atoms with van der Waals surface area (Å²) in [7, 11) is -4.05. The first-order valence-corrected chi connectivity index (χ1v) is 31.7. The Morgan fingerprint density at radius 2 is 1.18 bits per heavy atom. The molecule has 25 heteroatoms. The molecule has 1 rings (SSSR count). The third kappa shape index (κ3) is 33.1. The van der Waals surface area contributed by atoms with E-state index in [0.717, 1.165) is 84.0 Å². The molecule has 1 aliphatic rings. The van der Waals surface area contributed by atoms with Crippen LogP contribution in [0.4, 0.5) is 0 Å². The van der Waals surface area contributed by atoms with E-state index in [0.29, 0.717) is 12.8 Å². The van der Waals surface area contributed by atoms with Crippen molar-refractivity contribution in [1.29, 1.82) is 0 Å². The Balaban J connectivity index is 3.49. The number of aliphatic hydroxyl groups excluding tert-OH is 5. The van der Waals surface area contributed by atoms with E-state index in [1.54, 1.807) is 0 Å². The smallest absolute Gasteiger partial charge is 0.317 e. The SMILES string of the molecule is CCCCCCCCCCCCCCCC(=O)OC(CC(C)O[C@H]1[C@H](O)[C@@H](CO)O[C@H](O)[C@@H]1NC(C)=O)[C@H](CO)OC(=O)C(CCCCCCCCCCCCCC)C(O[PH](=O)O)C(=O)NC(=O)CC[C@@H](NC(=O)[C@@H](N)[C@@H](C)O)C(N)=O. The molecule has 13 N–H and O–H groups in total. The van der Waals surface area contributed by atoms with Crippen LogP contribution in [-0.4, -0.2) is 158 Å². The van der Waals surface area contributed by atoms with Gasteiger partial charge in [0.15, 0.2) is 18.5 Å². The van der Waals surface area contributed by atoms with E-state index in [1.165, 1.54) is 78.1 Å². The van der Waals surface area contributed by atoms with Crippen molar-refractivity contribution < 1.29 is 92.0 Å². The molecule has 5 unspecified atom stereocenters. The standard InChI is InChI=1S/C57H106N5O19P/c1-6-8-10-12-14-16-18-20-22-24-26-28-30-32-47(68)78-43(35-38(3)77-52-49(60-40(5)66)57(74)80-45(37-64)50(52)69)44(36-63)79-56(73)41(31-29-27-25-23-21-19-17-15-13-11-9-7-2)51(81-82(75)76)55(72)62-46(67)34-33-42(53(59)70)61-54(71)48(58)39(4)65/h38-39,41-45,48-52,57,63-65,69,74,82H,6-37,58H2,1-5H3,(H2,59,70)(H,60,66)(H,61,71)(H,75,76)(H,62,67,72)/t38?,39-,41?,42-,43?,44+,45-,48+,49-,50-,51?,52-,57+/m1/s1. The molecule has 0 aliphatic carbocycles. The molecule has 14 atom stereocenters. The maximum absolute atomic E-state index is 14.6. The van der Waals surface area contributed by atoms with Gasteiger partial charge in [-0.2, -0.15) is 0 Å². The summed E-state index contributed by atoms with van der Waals surface area (Å²) in [5, 5.41) is 59.2. The van der Waals surface area contributed by atoms with Crippen LogP contribution in [0.5, 0.6) is 0 Å². The summed E-state index contributed by atoms with van der Waals surface area (Å²) in [5.41, 5.74) is 11.1. The molecule has 5 amide bonds. The van der Waals surface area contributed by atoms with Crippen LogP contribution >= 0.6 is 8.25 Å². The molecule has 0 aromatic carbocycles. The van der Waals surface area contributed by atoms with Crippen LogP contribution in [-0.2, 0) is 61.6 Å². The van der Waals surface area contributed by atoms with Crippen LogP contribution in [0.3, 0.4) is 0 Å². The van der Waals surface area contributed by atoms with Gasteiger partial charge in [0.1, 0.15) is 42.5 Å². The van der Waals surface area contributed by atoms with Crippen LogP contribution in [0.15, 0.2) is 0 Å². The number of hydrogen-bond donors (Lipinski definition) is 11. The Hall–Kier alpha value is -3.68. The lowest BCUT2D eigenvalue weighted by Gasteiger charge is -2.43. The fourth-order valence-electron chi connectivity index (χ4n) is 9.89. The van der Waals surface area contributed by atoms with Gasteiger partial charge >= 0.3 is 20.2 Å². The number of imide groups is 1. The molecule has 0 aromatic rings. The van der Waals surface area contributed by atoms with Gasteiger partial charge in [-0.05, 0) is 33.1 Å². The van der Waals surface area contributed by atoms with E-state index in [1.807, 2.05) is 5.32 Å². The van der Waals surface area contributed by atoms with Crippen LogP contribution < -0.4 is 27.4 Å². The third-order valence-corrected chi connectivity index (χ3v) is 15.2. The Bertz CT molecular complexity index is 1840. The Morgan fingerprint density at radius 3 is 1.63 bits per heavy atom. The topological polar surface area (TPSA) is 392 Å². The summed E-state index contributed by atoms with van der Waals surface area (Å²) in [4.78, 5) is 102. The number of amides is 5. The zero-order valence-corrected chi connectivity index (χ0v) is 50.8. The molecule has 1 saturated heterocycles. The lowest BCUT2D eigenvalue weighted by atomic mass is 9.93. The van der Waals surface area contributed by atoms with E-state index in [9.17, 15) is 68.6 Å². The number of carbonyl (C=O) groups excluding carboxylic acids is 7. The zero-order valence-electron chi connectivity index (χ0n) is 49.8. The van der Waals surface area contributed by atoms with Crippen molar-refractivity contribution >= 4 is 49.7 Å². The van der Waals surface area contributed by atoms with Crippen molar-refractivity contribution in [3.05, 3.63) is 0 Å². The summed E-state index contributed by atoms with van der Waals surface area (Å²) in [5.74, 6) is -8.72. The second kappa shape index (κ2) is 45.7. The largest absolute Gasteiger partial charge is 0.458 e. The van der Waals surface area contributed by atoms with Gasteiger partial charge in [-0.15, -0.1) is 0 Å². The minimum Gasteiger partial charge on any atom is -0.458 e. The second-order valence-electron chi connectivity index (χ2n) is 22.1. The van der Waals surface area contributed by atoms with Crippen molar-refractivity contribution in [3.63, 3.8) is 0 Å². The summed E-state index contributed by atoms with van der Waals surface area (Å²) < 4.78 is 40.9. The normalized spacial score (nSPS) is 20.5. The first kappa shape index (κ1) is 76.3. The van der Waals surface area contributed by atoms with Crippen molar-refractivity contribution in [1.82, 2.24) is 16.0 Å². The Labute approximate surface area is 487 Å². The average molecular weight is 1200 g/mol. The van der Waals surface area contributed by atoms with Crippen LogP contribution in [0.2, 0.25) is 0 Å². The highest BCUT2D eigenvalue weighted by molar-refractivity contribution is 7.32. The molecule has 1 heterocycles. The molecular weight excluding hydrogens is 1090 g/mol. The van der Waals surface area contributed by atoms with Gasteiger partial charge in [0.2, 0.25) is 23.6 Å². The van der Waals surface area contributed by atoms with Crippen LogP contribution in [0, 0.1) is 5.92 Å². The van der Waals surface area contributed by atoms with Gasteiger partial charge in [-0.3, -0.25) is 48.0 Å². The molecule has 0 saturated carbocycles. The summed E-state index contributed by atoms with van der Waals surface area (Å²) >= 11 is 0. The number of nitrogens with two attached hydrogens (primary N) is 2. The predicted octanol–water partition coefficient (Wildman–Crippen LogP) is 4.60. The van der Waals surface area contributed by atoms with Crippen molar-refractivity contribution in [2.45, 2.75) is 300 Å². The minimum atomic E-state index is -4.05. The molecule has 24 nitrogen and oxygen atoms in total. The van der Waals surface area contributed by atoms with Gasteiger partial charge in [-0.25, -0.2) is 0 Å². The number of esters is 2. The highest BCUT2D eigenvalue weighted by Crippen LogP contribution is 2.30. The molecule has 1 aliphatic heterocycles. The third-order valence-electron chi connectivity index (χ3n) is 14.8. The predicted molar refractivity (Wildman–Crippen MR) is 306 cm³/mol. The van der Waals surface area contributed by atoms with Crippen LogP contribution in [0.1, 0.15) is 227 Å². The second-order valence-corrected chi connectivity index (χ2v) is 22.8. The number of ether oxygens (including phenoxy) is 4. The number of rotatable bonds is 49. The molecule has 0 radical (unpaired) electrons.